The molecule has 16 heavy (non-hydrogen) atoms. The normalized spacial score (nSPS) is 9.75. The van der Waals surface area contributed by atoms with Gasteiger partial charge in [-0.05, 0) is 35.9 Å². The number of aromatic hydroxyl groups is 1. The van der Waals surface area contributed by atoms with Crippen molar-refractivity contribution in [2.24, 2.45) is 0 Å². The molecule has 0 spiro atoms. The smallest absolute Gasteiger partial charge is 0.141 e. The molecule has 0 saturated carbocycles. The molecule has 1 aromatic heterocycles. The van der Waals surface area contributed by atoms with E-state index >= 15 is 0 Å². The van der Waals surface area contributed by atoms with Crippen LogP contribution in [0, 0.1) is 11.3 Å². The molecule has 0 amide bonds. The van der Waals surface area contributed by atoms with Crippen LogP contribution in [-0.4, -0.2) is 10.1 Å². The summed E-state index contributed by atoms with van der Waals surface area (Å²) in [6, 6.07) is 10.0. The first-order chi connectivity index (χ1) is 7.70. The van der Waals surface area contributed by atoms with Crippen LogP contribution in [0.3, 0.4) is 0 Å². The Morgan fingerprint density at radius 3 is 2.81 bits per heavy atom. The summed E-state index contributed by atoms with van der Waals surface area (Å²) < 4.78 is 0. The Bertz CT molecular complexity index is 575. The topological polar surface area (TPSA) is 56.9 Å². The Balaban J connectivity index is 2.58. The third kappa shape index (κ3) is 1.97. The van der Waals surface area contributed by atoms with Gasteiger partial charge in [-0.2, -0.15) is 5.26 Å². The Morgan fingerprint density at radius 2 is 2.06 bits per heavy atom. The van der Waals surface area contributed by atoms with Crippen molar-refractivity contribution >= 4 is 11.6 Å². The molecule has 78 valence electrons. The number of pyridine rings is 1. The van der Waals surface area contributed by atoms with Gasteiger partial charge in [0.1, 0.15) is 17.5 Å². The van der Waals surface area contributed by atoms with Crippen molar-refractivity contribution in [1.82, 2.24) is 4.98 Å². The van der Waals surface area contributed by atoms with Gasteiger partial charge < -0.3 is 5.11 Å². The SMILES string of the molecule is N#Cc1cc(-c2cc(Cl)ccc2O)ccn1. The van der Waals surface area contributed by atoms with E-state index in [1.54, 1.807) is 24.3 Å². The fourth-order valence-corrected chi connectivity index (χ4v) is 1.57. The molecule has 0 fully saturated rings. The van der Waals surface area contributed by atoms with Crippen LogP contribution in [0.25, 0.3) is 11.1 Å². The maximum absolute atomic E-state index is 9.69. The van der Waals surface area contributed by atoms with Crippen LogP contribution >= 0.6 is 11.6 Å². The van der Waals surface area contributed by atoms with Crippen LogP contribution in [0.5, 0.6) is 5.75 Å². The number of hydrogen-bond donors (Lipinski definition) is 1. The monoisotopic (exact) mass is 230 g/mol. The minimum atomic E-state index is 0.125. The van der Waals surface area contributed by atoms with Gasteiger partial charge in [-0.3, -0.25) is 0 Å². The zero-order valence-electron chi connectivity index (χ0n) is 8.18. The highest BCUT2D eigenvalue weighted by atomic mass is 35.5. The number of aromatic nitrogens is 1. The van der Waals surface area contributed by atoms with Gasteiger partial charge in [0.15, 0.2) is 0 Å². The van der Waals surface area contributed by atoms with Gasteiger partial charge in [0.05, 0.1) is 0 Å². The standard InChI is InChI=1S/C12H7ClN2O/c13-9-1-2-12(16)11(6-9)8-3-4-15-10(5-8)7-14/h1-6,16H. The second-order valence-corrected chi connectivity index (χ2v) is 3.64. The van der Waals surface area contributed by atoms with Crippen molar-refractivity contribution in [2.45, 2.75) is 0 Å². The van der Waals surface area contributed by atoms with E-state index in [2.05, 4.69) is 4.98 Å². The molecule has 3 nitrogen and oxygen atoms in total. The molecular weight excluding hydrogens is 224 g/mol. The first-order valence-corrected chi connectivity index (χ1v) is 4.93. The maximum atomic E-state index is 9.69. The van der Waals surface area contributed by atoms with Gasteiger partial charge in [0, 0.05) is 16.8 Å². The molecule has 0 radical (unpaired) electrons. The summed E-state index contributed by atoms with van der Waals surface area (Å²) in [4.78, 5) is 3.86. The molecular formula is C12H7ClN2O. The lowest BCUT2D eigenvalue weighted by Gasteiger charge is -2.05. The molecule has 2 rings (SSSR count). The van der Waals surface area contributed by atoms with E-state index in [0.29, 0.717) is 21.8 Å². The molecule has 0 aliphatic carbocycles. The highest BCUT2D eigenvalue weighted by Gasteiger charge is 2.06. The molecule has 1 N–H and O–H groups in total. The fraction of sp³-hybridized carbons (Fsp3) is 0. The number of benzene rings is 1. The maximum Gasteiger partial charge on any atom is 0.141 e. The lowest BCUT2D eigenvalue weighted by atomic mass is 10.1. The summed E-state index contributed by atoms with van der Waals surface area (Å²) in [5.41, 5.74) is 1.61. The van der Waals surface area contributed by atoms with Crippen LogP contribution < -0.4 is 0 Å². The molecule has 1 aromatic carbocycles. The highest BCUT2D eigenvalue weighted by molar-refractivity contribution is 6.31. The average molecular weight is 231 g/mol. The van der Waals surface area contributed by atoms with Crippen molar-refractivity contribution in [2.75, 3.05) is 0 Å². The van der Waals surface area contributed by atoms with Crippen LogP contribution in [0.2, 0.25) is 5.02 Å². The number of rotatable bonds is 1. The van der Waals surface area contributed by atoms with Gasteiger partial charge in [-0.15, -0.1) is 0 Å². The predicted molar refractivity (Wildman–Crippen MR) is 61.1 cm³/mol. The Labute approximate surface area is 97.6 Å². The van der Waals surface area contributed by atoms with Gasteiger partial charge in [-0.1, -0.05) is 11.6 Å². The quantitative estimate of drug-likeness (QED) is 0.819. The minimum absolute atomic E-state index is 0.125. The zero-order valence-corrected chi connectivity index (χ0v) is 8.94. The first kappa shape index (κ1) is 10.5. The average Bonchev–Trinajstić information content (AvgIpc) is 2.32. The molecule has 0 atom stereocenters. The third-order valence-electron chi connectivity index (χ3n) is 2.14. The van der Waals surface area contributed by atoms with E-state index in [9.17, 15) is 5.11 Å². The summed E-state index contributed by atoms with van der Waals surface area (Å²) >= 11 is 5.85. The molecule has 0 aliphatic heterocycles. The fourth-order valence-electron chi connectivity index (χ4n) is 1.40. The number of hydrogen-bond acceptors (Lipinski definition) is 3. The lowest BCUT2D eigenvalue weighted by Crippen LogP contribution is -1.84. The van der Waals surface area contributed by atoms with Crippen LogP contribution in [0.1, 0.15) is 5.69 Å². The Hall–Kier alpha value is -2.05. The van der Waals surface area contributed by atoms with Crippen molar-refractivity contribution in [1.29, 1.82) is 5.26 Å². The van der Waals surface area contributed by atoms with E-state index in [1.165, 1.54) is 12.3 Å². The van der Waals surface area contributed by atoms with E-state index < -0.39 is 0 Å². The van der Waals surface area contributed by atoms with E-state index in [0.717, 1.165) is 0 Å². The molecule has 2 aromatic rings. The number of nitriles is 1. The lowest BCUT2D eigenvalue weighted by molar-refractivity contribution is 0.477. The van der Waals surface area contributed by atoms with E-state index in [1.807, 2.05) is 6.07 Å². The number of halogens is 1. The first-order valence-electron chi connectivity index (χ1n) is 4.56. The molecule has 0 unspecified atom stereocenters. The van der Waals surface area contributed by atoms with Crippen molar-refractivity contribution in [3.8, 4) is 22.9 Å². The Kier molecular flexibility index (Phi) is 2.76. The van der Waals surface area contributed by atoms with Crippen LogP contribution in [0.15, 0.2) is 36.5 Å². The summed E-state index contributed by atoms with van der Waals surface area (Å²) in [5.74, 6) is 0.125. The van der Waals surface area contributed by atoms with E-state index in [4.69, 9.17) is 16.9 Å². The summed E-state index contributed by atoms with van der Waals surface area (Å²) in [6.07, 6.45) is 1.52. The van der Waals surface area contributed by atoms with Crippen LogP contribution in [-0.2, 0) is 0 Å². The summed E-state index contributed by atoms with van der Waals surface area (Å²) in [6.45, 7) is 0. The second kappa shape index (κ2) is 4.21. The number of phenols is 1. The molecule has 4 heteroatoms. The molecule has 1 heterocycles. The van der Waals surface area contributed by atoms with Crippen molar-refractivity contribution in [3.63, 3.8) is 0 Å². The largest absolute Gasteiger partial charge is 0.507 e. The van der Waals surface area contributed by atoms with Crippen LogP contribution in [0.4, 0.5) is 0 Å². The molecule has 0 aliphatic rings. The number of nitrogens with zero attached hydrogens (tertiary/aromatic N) is 2. The van der Waals surface area contributed by atoms with Gasteiger partial charge in [-0.25, -0.2) is 4.98 Å². The van der Waals surface area contributed by atoms with Crippen molar-refractivity contribution in [3.05, 3.63) is 47.2 Å². The summed E-state index contributed by atoms with van der Waals surface area (Å²) in [5, 5.41) is 19.0. The summed E-state index contributed by atoms with van der Waals surface area (Å²) in [7, 11) is 0. The van der Waals surface area contributed by atoms with Gasteiger partial charge in [0.25, 0.3) is 0 Å². The second-order valence-electron chi connectivity index (χ2n) is 3.20. The minimum Gasteiger partial charge on any atom is -0.507 e. The third-order valence-corrected chi connectivity index (χ3v) is 2.38. The molecule has 0 saturated heterocycles. The van der Waals surface area contributed by atoms with Gasteiger partial charge in [0.2, 0.25) is 0 Å². The predicted octanol–water partition coefficient (Wildman–Crippen LogP) is 2.98. The van der Waals surface area contributed by atoms with Gasteiger partial charge >= 0.3 is 0 Å². The molecule has 0 bridgehead atoms. The number of phenolic OH excluding ortho intramolecular Hbond substituents is 1. The zero-order chi connectivity index (χ0) is 11.5. The van der Waals surface area contributed by atoms with E-state index in [-0.39, 0.29) is 5.75 Å². The van der Waals surface area contributed by atoms with Crippen molar-refractivity contribution < 1.29 is 5.11 Å². The highest BCUT2D eigenvalue weighted by Crippen LogP contribution is 2.31. The Morgan fingerprint density at radius 1 is 1.25 bits per heavy atom.